The molecule has 0 bridgehead atoms. The Morgan fingerprint density at radius 1 is 0.800 bits per heavy atom. The summed E-state index contributed by atoms with van der Waals surface area (Å²) in [7, 11) is 1.60. The zero-order valence-electron chi connectivity index (χ0n) is 21.9. The van der Waals surface area contributed by atoms with Crippen molar-refractivity contribution in [2.75, 3.05) is 7.11 Å². The van der Waals surface area contributed by atoms with Crippen molar-refractivity contribution in [1.82, 2.24) is 10.2 Å². The highest BCUT2D eigenvalue weighted by Crippen LogP contribution is 2.22. The molecule has 40 heavy (non-hydrogen) atoms. The zero-order valence-corrected chi connectivity index (χ0v) is 24.2. The number of nitrogens with one attached hydrogen (secondary N) is 1. The van der Waals surface area contributed by atoms with Crippen molar-refractivity contribution in [3.63, 3.8) is 0 Å². The Morgan fingerprint density at radius 3 is 2.10 bits per heavy atom. The monoisotopic (exact) mass is 594 g/mol. The van der Waals surface area contributed by atoms with Crippen LogP contribution in [0, 0.1) is 0 Å². The minimum Gasteiger partial charge on any atom is -0.497 e. The highest BCUT2D eigenvalue weighted by Gasteiger charge is 2.30. The average Bonchev–Trinajstić information content (AvgIpc) is 2.96. The van der Waals surface area contributed by atoms with Gasteiger partial charge in [0.1, 0.15) is 11.8 Å². The summed E-state index contributed by atoms with van der Waals surface area (Å²) in [6.07, 6.45) is 0.457. The summed E-state index contributed by atoms with van der Waals surface area (Å²) in [5, 5.41) is 4.56. The zero-order chi connectivity index (χ0) is 28.5. The summed E-state index contributed by atoms with van der Waals surface area (Å²) in [4.78, 5) is 29.3. The third-order valence-electron chi connectivity index (χ3n) is 6.52. The van der Waals surface area contributed by atoms with Crippen molar-refractivity contribution in [2.24, 2.45) is 0 Å². The Balaban J connectivity index is 1.65. The lowest BCUT2D eigenvalue weighted by atomic mass is 10.0. The predicted octanol–water partition coefficient (Wildman–Crippen LogP) is 7.15. The number of methoxy groups -OCH3 is 1. The SMILES string of the molecule is COc1ccc(CN(C(=O)Cc2ccc(Cl)cc2)[C@@H](Cc2ccccc2)C(=O)NCc2ccc(Cl)cc2Cl)cc1. The highest BCUT2D eigenvalue weighted by molar-refractivity contribution is 6.35. The molecule has 0 saturated heterocycles. The Bertz CT molecular complexity index is 1430. The number of amides is 2. The van der Waals surface area contributed by atoms with Crippen LogP contribution in [0.4, 0.5) is 0 Å². The molecule has 0 radical (unpaired) electrons. The van der Waals surface area contributed by atoms with Gasteiger partial charge in [0.25, 0.3) is 0 Å². The van der Waals surface area contributed by atoms with Gasteiger partial charge in [-0.2, -0.15) is 0 Å². The van der Waals surface area contributed by atoms with Gasteiger partial charge in [-0.05, 0) is 58.7 Å². The van der Waals surface area contributed by atoms with Gasteiger partial charge in [-0.25, -0.2) is 0 Å². The van der Waals surface area contributed by atoms with Crippen molar-refractivity contribution >= 4 is 46.6 Å². The molecular weight excluding hydrogens is 567 g/mol. The molecule has 4 aromatic carbocycles. The van der Waals surface area contributed by atoms with Crippen LogP contribution in [0.3, 0.4) is 0 Å². The summed E-state index contributed by atoms with van der Waals surface area (Å²) in [6.45, 7) is 0.435. The van der Waals surface area contributed by atoms with Gasteiger partial charge in [-0.1, -0.05) is 95.5 Å². The minimum atomic E-state index is -0.782. The van der Waals surface area contributed by atoms with E-state index in [1.807, 2.05) is 66.7 Å². The molecule has 1 atom stereocenters. The smallest absolute Gasteiger partial charge is 0.243 e. The fraction of sp³-hybridized carbons (Fsp3) is 0.188. The number of benzene rings is 4. The van der Waals surface area contributed by atoms with Crippen LogP contribution in [0.5, 0.6) is 5.75 Å². The number of hydrogen-bond acceptors (Lipinski definition) is 3. The Kier molecular flexibility index (Phi) is 10.5. The third-order valence-corrected chi connectivity index (χ3v) is 7.36. The van der Waals surface area contributed by atoms with Crippen LogP contribution < -0.4 is 10.1 Å². The predicted molar refractivity (Wildman–Crippen MR) is 161 cm³/mol. The number of carbonyl (C=O) groups is 2. The second-order valence-corrected chi connectivity index (χ2v) is 10.6. The van der Waals surface area contributed by atoms with Gasteiger partial charge in [0.15, 0.2) is 0 Å². The first kappa shape index (κ1) is 29.5. The molecule has 0 aliphatic rings. The van der Waals surface area contributed by atoms with Crippen LogP contribution in [0.2, 0.25) is 15.1 Å². The highest BCUT2D eigenvalue weighted by atomic mass is 35.5. The van der Waals surface area contributed by atoms with E-state index in [1.165, 1.54) is 0 Å². The van der Waals surface area contributed by atoms with Crippen LogP contribution in [0.25, 0.3) is 0 Å². The van der Waals surface area contributed by atoms with Crippen LogP contribution in [0.1, 0.15) is 22.3 Å². The van der Waals surface area contributed by atoms with Crippen LogP contribution in [-0.4, -0.2) is 29.9 Å². The van der Waals surface area contributed by atoms with Crippen molar-refractivity contribution in [3.8, 4) is 5.75 Å². The van der Waals surface area contributed by atoms with E-state index in [9.17, 15) is 9.59 Å². The molecule has 0 aliphatic heterocycles. The van der Waals surface area contributed by atoms with Gasteiger partial charge in [-0.15, -0.1) is 0 Å². The number of ether oxygens (including phenoxy) is 1. The molecule has 4 aromatic rings. The molecule has 0 aliphatic carbocycles. The summed E-state index contributed by atoms with van der Waals surface area (Å²) in [5.74, 6) is 0.243. The molecule has 5 nitrogen and oxygen atoms in total. The van der Waals surface area contributed by atoms with Crippen molar-refractivity contribution < 1.29 is 14.3 Å². The molecule has 0 unspecified atom stereocenters. The van der Waals surface area contributed by atoms with Gasteiger partial charge in [0.2, 0.25) is 11.8 Å². The molecule has 4 rings (SSSR count). The first-order valence-corrected chi connectivity index (χ1v) is 13.9. The molecular formula is C32H29Cl3N2O3. The van der Waals surface area contributed by atoms with Crippen LogP contribution in [-0.2, 0) is 35.5 Å². The van der Waals surface area contributed by atoms with Gasteiger partial charge in [0.05, 0.1) is 13.5 Å². The van der Waals surface area contributed by atoms with E-state index in [-0.39, 0.29) is 31.3 Å². The van der Waals surface area contributed by atoms with E-state index >= 15 is 0 Å². The Morgan fingerprint density at radius 2 is 1.45 bits per heavy atom. The fourth-order valence-electron chi connectivity index (χ4n) is 4.33. The molecule has 1 N–H and O–H groups in total. The minimum absolute atomic E-state index is 0.120. The summed E-state index contributed by atoms with van der Waals surface area (Å²) >= 11 is 18.4. The van der Waals surface area contributed by atoms with E-state index in [0.29, 0.717) is 27.2 Å². The largest absolute Gasteiger partial charge is 0.497 e. The van der Waals surface area contributed by atoms with E-state index in [1.54, 1.807) is 42.3 Å². The van der Waals surface area contributed by atoms with Gasteiger partial charge in [-0.3, -0.25) is 9.59 Å². The number of carbonyl (C=O) groups excluding carboxylic acids is 2. The molecule has 0 spiro atoms. The van der Waals surface area contributed by atoms with Gasteiger partial charge >= 0.3 is 0 Å². The summed E-state index contributed by atoms with van der Waals surface area (Å²) in [5.41, 5.74) is 3.34. The number of rotatable bonds is 11. The number of halogens is 3. The lowest BCUT2D eigenvalue weighted by molar-refractivity contribution is -0.140. The third kappa shape index (κ3) is 8.25. The van der Waals surface area contributed by atoms with Gasteiger partial charge in [0, 0.05) is 34.6 Å². The first-order chi connectivity index (χ1) is 19.3. The Labute approximate surface area is 249 Å². The number of hydrogen-bond donors (Lipinski definition) is 1. The number of nitrogens with zero attached hydrogens (tertiary/aromatic N) is 1. The van der Waals surface area contributed by atoms with Crippen molar-refractivity contribution in [2.45, 2.75) is 32.0 Å². The Hall–Kier alpha value is -3.51. The van der Waals surface area contributed by atoms with E-state index in [0.717, 1.165) is 22.3 Å². The van der Waals surface area contributed by atoms with Crippen molar-refractivity contribution in [3.05, 3.63) is 134 Å². The summed E-state index contributed by atoms with van der Waals surface area (Å²) < 4.78 is 5.29. The standard InChI is InChI=1S/C32H29Cl3N2O3/c1-40-28-15-9-24(10-16-28)21-37(31(38)18-23-7-12-26(33)13-8-23)30(17-22-5-3-2-4-6-22)32(39)36-20-25-11-14-27(34)19-29(25)35/h2-16,19,30H,17-18,20-21H2,1H3,(H,36,39)/t30-/m0/s1. The van der Waals surface area contributed by atoms with Crippen LogP contribution >= 0.6 is 34.8 Å². The topological polar surface area (TPSA) is 58.6 Å². The lowest BCUT2D eigenvalue weighted by Crippen LogP contribution is -2.50. The maximum Gasteiger partial charge on any atom is 0.243 e. The quantitative estimate of drug-likeness (QED) is 0.200. The molecule has 2 amide bonds. The maximum absolute atomic E-state index is 13.9. The fourth-order valence-corrected chi connectivity index (χ4v) is 4.93. The maximum atomic E-state index is 13.9. The van der Waals surface area contributed by atoms with E-state index < -0.39 is 6.04 Å². The lowest BCUT2D eigenvalue weighted by Gasteiger charge is -2.32. The van der Waals surface area contributed by atoms with E-state index in [4.69, 9.17) is 39.5 Å². The average molecular weight is 596 g/mol. The van der Waals surface area contributed by atoms with E-state index in [2.05, 4.69) is 5.32 Å². The first-order valence-electron chi connectivity index (χ1n) is 12.7. The summed E-state index contributed by atoms with van der Waals surface area (Å²) in [6, 6.07) is 28.6. The molecule has 0 fully saturated rings. The second-order valence-electron chi connectivity index (χ2n) is 9.33. The van der Waals surface area contributed by atoms with Crippen molar-refractivity contribution in [1.29, 1.82) is 0 Å². The molecule has 8 heteroatoms. The normalized spacial score (nSPS) is 11.5. The molecule has 0 saturated carbocycles. The second kappa shape index (κ2) is 14.2. The molecule has 0 aromatic heterocycles. The molecule has 206 valence electrons. The molecule has 0 heterocycles. The van der Waals surface area contributed by atoms with Gasteiger partial charge < -0.3 is 15.0 Å². The van der Waals surface area contributed by atoms with Crippen LogP contribution in [0.15, 0.2) is 97.1 Å².